The second-order valence-electron chi connectivity index (χ2n) is 2.42. The van der Waals surface area contributed by atoms with E-state index < -0.39 is 11.3 Å². The number of hydrogen-bond donors (Lipinski definition) is 0. The minimum absolute atomic E-state index is 0.156. The van der Waals surface area contributed by atoms with Crippen LogP contribution in [0.3, 0.4) is 0 Å². The van der Waals surface area contributed by atoms with Crippen LogP contribution in [0.5, 0.6) is 0 Å². The van der Waals surface area contributed by atoms with Gasteiger partial charge in [-0.1, -0.05) is 33.1 Å². The van der Waals surface area contributed by atoms with Crippen molar-refractivity contribution < 1.29 is 4.42 Å². The van der Waals surface area contributed by atoms with Gasteiger partial charge < -0.3 is 4.42 Å². The molecular formula is C11H15NO3. The van der Waals surface area contributed by atoms with Crippen LogP contribution >= 0.6 is 0 Å². The van der Waals surface area contributed by atoms with Gasteiger partial charge in [0.25, 0.3) is 5.56 Å². The Morgan fingerprint density at radius 3 is 2.13 bits per heavy atom. The third kappa shape index (κ3) is 2.56. The SMILES string of the molecule is C=Cc1oc(=O)n(C)c(=O)c1C=C.CC. The molecule has 0 aliphatic carbocycles. The third-order valence-corrected chi connectivity index (χ3v) is 1.66. The van der Waals surface area contributed by atoms with Gasteiger partial charge in [-0.2, -0.15) is 0 Å². The van der Waals surface area contributed by atoms with Crippen molar-refractivity contribution in [3.63, 3.8) is 0 Å². The van der Waals surface area contributed by atoms with E-state index in [1.807, 2.05) is 13.8 Å². The van der Waals surface area contributed by atoms with Crippen LogP contribution in [0, 0.1) is 0 Å². The number of aromatic nitrogens is 1. The topological polar surface area (TPSA) is 52.2 Å². The minimum Gasteiger partial charge on any atom is -0.409 e. The maximum Gasteiger partial charge on any atom is 0.422 e. The zero-order valence-electron chi connectivity index (χ0n) is 9.24. The van der Waals surface area contributed by atoms with Crippen LogP contribution in [0.25, 0.3) is 12.2 Å². The van der Waals surface area contributed by atoms with Gasteiger partial charge in [-0.05, 0) is 6.08 Å². The van der Waals surface area contributed by atoms with Gasteiger partial charge >= 0.3 is 5.76 Å². The highest BCUT2D eigenvalue weighted by molar-refractivity contribution is 5.57. The summed E-state index contributed by atoms with van der Waals surface area (Å²) in [7, 11) is 1.34. The van der Waals surface area contributed by atoms with Crippen LogP contribution in [0.2, 0.25) is 0 Å². The molecule has 4 heteroatoms. The average molecular weight is 209 g/mol. The fraction of sp³-hybridized carbons (Fsp3) is 0.273. The van der Waals surface area contributed by atoms with Gasteiger partial charge in [0.05, 0.1) is 5.56 Å². The molecule has 0 atom stereocenters. The predicted molar refractivity (Wildman–Crippen MR) is 61.7 cm³/mol. The maximum absolute atomic E-state index is 11.4. The molecule has 0 aromatic carbocycles. The fourth-order valence-corrected chi connectivity index (χ4v) is 0.926. The van der Waals surface area contributed by atoms with Crippen LogP contribution in [0.1, 0.15) is 25.2 Å². The van der Waals surface area contributed by atoms with E-state index in [2.05, 4.69) is 13.2 Å². The summed E-state index contributed by atoms with van der Waals surface area (Å²) in [6.45, 7) is 10.9. The normalized spacial score (nSPS) is 8.73. The molecule has 1 heterocycles. The molecule has 0 spiro atoms. The first-order valence-corrected chi connectivity index (χ1v) is 4.60. The van der Waals surface area contributed by atoms with E-state index in [-0.39, 0.29) is 11.3 Å². The third-order valence-electron chi connectivity index (χ3n) is 1.66. The summed E-state index contributed by atoms with van der Waals surface area (Å²) in [5, 5.41) is 0. The molecule has 0 unspecified atom stereocenters. The smallest absolute Gasteiger partial charge is 0.409 e. The van der Waals surface area contributed by atoms with Gasteiger partial charge in [0, 0.05) is 7.05 Å². The lowest BCUT2D eigenvalue weighted by molar-refractivity contribution is 0.433. The Morgan fingerprint density at radius 2 is 1.73 bits per heavy atom. The highest BCUT2D eigenvalue weighted by atomic mass is 16.4. The van der Waals surface area contributed by atoms with Gasteiger partial charge in [0.1, 0.15) is 5.76 Å². The van der Waals surface area contributed by atoms with E-state index in [0.29, 0.717) is 0 Å². The van der Waals surface area contributed by atoms with Crippen LogP contribution in [0.15, 0.2) is 27.2 Å². The number of rotatable bonds is 2. The lowest BCUT2D eigenvalue weighted by Crippen LogP contribution is -2.31. The zero-order valence-corrected chi connectivity index (χ0v) is 9.24. The maximum atomic E-state index is 11.4. The zero-order chi connectivity index (χ0) is 12.0. The van der Waals surface area contributed by atoms with Gasteiger partial charge in [0.2, 0.25) is 0 Å². The molecule has 1 aromatic heterocycles. The van der Waals surface area contributed by atoms with E-state index in [9.17, 15) is 9.59 Å². The summed E-state index contributed by atoms with van der Waals surface area (Å²) in [4.78, 5) is 22.4. The molecule has 1 rings (SSSR count). The van der Waals surface area contributed by atoms with Crippen molar-refractivity contribution in [3.8, 4) is 0 Å². The molecule has 0 saturated heterocycles. The van der Waals surface area contributed by atoms with E-state index in [4.69, 9.17) is 4.42 Å². The quantitative estimate of drug-likeness (QED) is 0.744. The summed E-state index contributed by atoms with van der Waals surface area (Å²) in [6, 6.07) is 0. The predicted octanol–water partition coefficient (Wildman–Crippen LogP) is 1.65. The molecule has 0 N–H and O–H groups in total. The second-order valence-corrected chi connectivity index (χ2v) is 2.42. The van der Waals surface area contributed by atoms with Crippen LogP contribution in [-0.4, -0.2) is 4.57 Å². The molecule has 82 valence electrons. The first kappa shape index (κ1) is 13.2. The van der Waals surface area contributed by atoms with Crippen LogP contribution < -0.4 is 11.3 Å². The molecule has 0 amide bonds. The molecule has 0 saturated carbocycles. The number of hydrogen-bond acceptors (Lipinski definition) is 3. The summed E-state index contributed by atoms with van der Waals surface area (Å²) in [5.74, 6) is -0.548. The largest absolute Gasteiger partial charge is 0.422 e. The Kier molecular flexibility index (Phi) is 5.09. The summed E-state index contributed by atoms with van der Waals surface area (Å²) in [5.41, 5.74) is -0.182. The van der Waals surface area contributed by atoms with Crippen molar-refractivity contribution >= 4 is 12.2 Å². The van der Waals surface area contributed by atoms with Crippen molar-refractivity contribution in [3.05, 3.63) is 45.4 Å². The van der Waals surface area contributed by atoms with E-state index in [0.717, 1.165) is 4.57 Å². The minimum atomic E-state index is -0.703. The molecule has 0 radical (unpaired) electrons. The Labute approximate surface area is 88.2 Å². The van der Waals surface area contributed by atoms with E-state index >= 15 is 0 Å². The Hall–Kier alpha value is -1.84. The Morgan fingerprint density at radius 1 is 1.20 bits per heavy atom. The van der Waals surface area contributed by atoms with Crippen molar-refractivity contribution in [1.29, 1.82) is 0 Å². The van der Waals surface area contributed by atoms with Gasteiger partial charge in [-0.25, -0.2) is 9.36 Å². The van der Waals surface area contributed by atoms with E-state index in [1.54, 1.807) is 0 Å². The monoisotopic (exact) mass is 209 g/mol. The molecular weight excluding hydrogens is 194 g/mol. The van der Waals surface area contributed by atoms with Gasteiger partial charge in [-0.15, -0.1) is 0 Å². The molecule has 0 aliphatic heterocycles. The molecule has 0 fully saturated rings. The van der Waals surface area contributed by atoms with Crippen molar-refractivity contribution in [2.45, 2.75) is 13.8 Å². The summed E-state index contributed by atoms with van der Waals surface area (Å²) >= 11 is 0. The summed E-state index contributed by atoms with van der Waals surface area (Å²) < 4.78 is 5.66. The van der Waals surface area contributed by atoms with Crippen molar-refractivity contribution in [1.82, 2.24) is 4.57 Å². The van der Waals surface area contributed by atoms with Gasteiger partial charge in [-0.3, -0.25) is 4.79 Å². The molecule has 0 bridgehead atoms. The molecule has 4 nitrogen and oxygen atoms in total. The summed E-state index contributed by atoms with van der Waals surface area (Å²) in [6.07, 6.45) is 2.64. The van der Waals surface area contributed by atoms with Gasteiger partial charge in [0.15, 0.2) is 0 Å². The molecule has 15 heavy (non-hydrogen) atoms. The van der Waals surface area contributed by atoms with Crippen molar-refractivity contribution in [2.24, 2.45) is 7.05 Å². The highest BCUT2D eigenvalue weighted by Crippen LogP contribution is 2.03. The lowest BCUT2D eigenvalue weighted by Gasteiger charge is -2.00. The number of nitrogens with zero attached hydrogens (tertiary/aromatic N) is 1. The first-order chi connectivity index (χ1) is 7.11. The average Bonchev–Trinajstić information content (AvgIpc) is 2.28. The first-order valence-electron chi connectivity index (χ1n) is 4.60. The second kappa shape index (κ2) is 5.80. The standard InChI is InChI=1S/C9H9NO3.C2H6/c1-4-6-7(5-2)13-9(12)10(3)8(6)11;1-2/h4-5H,1-2H2,3H3;1-2H3. The van der Waals surface area contributed by atoms with Crippen molar-refractivity contribution in [2.75, 3.05) is 0 Å². The van der Waals surface area contributed by atoms with Crippen LogP contribution in [-0.2, 0) is 7.05 Å². The molecule has 1 aromatic rings. The lowest BCUT2D eigenvalue weighted by atomic mass is 10.2. The fourth-order valence-electron chi connectivity index (χ4n) is 0.926. The molecule has 0 aliphatic rings. The van der Waals surface area contributed by atoms with E-state index in [1.165, 1.54) is 19.2 Å². The Bertz CT molecular complexity index is 466. The Balaban J connectivity index is 0.000000921. The van der Waals surface area contributed by atoms with Crippen LogP contribution in [0.4, 0.5) is 0 Å². The highest BCUT2D eigenvalue weighted by Gasteiger charge is 2.07.